The fraction of sp³-hybridized carbons (Fsp3) is 0.116. The molecule has 6 aromatic carbocycles. The highest BCUT2D eigenvalue weighted by Crippen LogP contribution is 2.54. The van der Waals surface area contributed by atoms with Crippen molar-refractivity contribution in [3.05, 3.63) is 186 Å². The molecule has 0 bridgehead atoms. The monoisotopic (exact) mass is 565 g/mol. The summed E-state index contributed by atoms with van der Waals surface area (Å²) in [6, 6.07) is 57.9. The minimum Gasteiger partial charge on any atom is -0.312 e. The van der Waals surface area contributed by atoms with Gasteiger partial charge in [-0.2, -0.15) is 0 Å². The second-order valence-corrected chi connectivity index (χ2v) is 12.6. The molecule has 0 aliphatic heterocycles. The zero-order valence-corrected chi connectivity index (χ0v) is 25.2. The third-order valence-corrected chi connectivity index (χ3v) is 9.57. The highest BCUT2D eigenvalue weighted by Gasteiger charge is 2.40. The molecule has 1 heteroatoms. The van der Waals surface area contributed by atoms with Gasteiger partial charge in [-0.3, -0.25) is 0 Å². The molecule has 1 atom stereocenters. The van der Waals surface area contributed by atoms with Crippen LogP contribution in [0.25, 0.3) is 38.8 Å². The second kappa shape index (κ2) is 10.5. The van der Waals surface area contributed by atoms with Crippen LogP contribution in [-0.2, 0) is 11.8 Å². The van der Waals surface area contributed by atoms with E-state index in [-0.39, 0.29) is 11.3 Å². The van der Waals surface area contributed by atoms with Crippen LogP contribution in [0.3, 0.4) is 0 Å². The van der Waals surface area contributed by atoms with Crippen molar-refractivity contribution in [1.82, 2.24) is 4.57 Å². The summed E-state index contributed by atoms with van der Waals surface area (Å²) in [6.45, 7) is 4.76. The first-order valence-corrected chi connectivity index (χ1v) is 15.6. The van der Waals surface area contributed by atoms with Gasteiger partial charge in [-0.05, 0) is 69.6 Å². The molecule has 0 fully saturated rings. The highest BCUT2D eigenvalue weighted by atomic mass is 15.0. The standard InChI is InChI=1S/C43H35N/c1-43(2)39-21-13-12-20-36(39)41-38-29-34(26-27-40(38)44(42(41)43)35-18-10-5-11-19-35)37(28-30-14-6-3-7-15-30)33-24-22-32(23-25-33)31-16-8-4-9-17-31/h3-27,29,37H,28H2,1-2H3. The minimum absolute atomic E-state index is 0.113. The third-order valence-electron chi connectivity index (χ3n) is 9.57. The average molecular weight is 566 g/mol. The quantitative estimate of drug-likeness (QED) is 0.189. The maximum absolute atomic E-state index is 2.51. The molecule has 212 valence electrons. The molecule has 7 aromatic rings. The molecule has 1 heterocycles. The molecule has 0 saturated carbocycles. The number of para-hydroxylation sites is 1. The fourth-order valence-electron chi connectivity index (χ4n) is 7.43. The Labute approximate surface area is 260 Å². The molecule has 1 aromatic heterocycles. The SMILES string of the molecule is CC1(C)c2ccccc2-c2c1n(-c1ccccc1)c1ccc(C(Cc3ccccc3)c3ccc(-c4ccccc4)cc3)cc21. The first-order chi connectivity index (χ1) is 21.6. The van der Waals surface area contributed by atoms with Gasteiger partial charge in [0.25, 0.3) is 0 Å². The van der Waals surface area contributed by atoms with Gasteiger partial charge in [0.1, 0.15) is 0 Å². The maximum Gasteiger partial charge on any atom is 0.0538 e. The summed E-state index contributed by atoms with van der Waals surface area (Å²) in [5, 5.41) is 1.33. The molecule has 1 aliphatic carbocycles. The molecule has 0 radical (unpaired) electrons. The normalized spacial score (nSPS) is 13.9. The van der Waals surface area contributed by atoms with Crippen molar-refractivity contribution in [2.45, 2.75) is 31.6 Å². The predicted octanol–water partition coefficient (Wildman–Crippen LogP) is 11.0. The molecule has 44 heavy (non-hydrogen) atoms. The summed E-state index contributed by atoms with van der Waals surface area (Å²) in [5.41, 5.74) is 14.4. The van der Waals surface area contributed by atoms with Gasteiger partial charge < -0.3 is 4.57 Å². The van der Waals surface area contributed by atoms with E-state index in [4.69, 9.17) is 0 Å². The molecule has 0 spiro atoms. The zero-order chi connectivity index (χ0) is 29.7. The Morgan fingerprint density at radius 1 is 0.568 bits per heavy atom. The van der Waals surface area contributed by atoms with E-state index in [0.717, 1.165) is 6.42 Å². The Hall–Kier alpha value is -5.14. The summed E-state index contributed by atoms with van der Waals surface area (Å²) in [4.78, 5) is 0. The van der Waals surface area contributed by atoms with Gasteiger partial charge in [-0.25, -0.2) is 0 Å². The molecular formula is C43H35N. The highest BCUT2D eigenvalue weighted by molar-refractivity contribution is 6.04. The summed E-state index contributed by atoms with van der Waals surface area (Å²) in [5.74, 6) is 0.229. The first kappa shape index (κ1) is 26.5. The van der Waals surface area contributed by atoms with Crippen molar-refractivity contribution >= 4 is 10.9 Å². The van der Waals surface area contributed by atoms with Crippen LogP contribution in [0.4, 0.5) is 0 Å². The molecule has 0 N–H and O–H groups in total. The largest absolute Gasteiger partial charge is 0.312 e. The van der Waals surface area contributed by atoms with Crippen LogP contribution in [0, 0.1) is 0 Å². The van der Waals surface area contributed by atoms with Crippen molar-refractivity contribution in [2.75, 3.05) is 0 Å². The smallest absolute Gasteiger partial charge is 0.0538 e. The Balaban J connectivity index is 1.33. The van der Waals surface area contributed by atoms with Gasteiger partial charge in [0, 0.05) is 33.7 Å². The summed E-state index contributed by atoms with van der Waals surface area (Å²) in [6.07, 6.45) is 0.945. The minimum atomic E-state index is -0.113. The Morgan fingerprint density at radius 3 is 1.89 bits per heavy atom. The predicted molar refractivity (Wildman–Crippen MR) is 185 cm³/mol. The van der Waals surface area contributed by atoms with Crippen LogP contribution in [0.1, 0.15) is 47.7 Å². The van der Waals surface area contributed by atoms with Gasteiger partial charge in [-0.1, -0.05) is 147 Å². The number of nitrogens with zero attached hydrogens (tertiary/aromatic N) is 1. The van der Waals surface area contributed by atoms with Crippen molar-refractivity contribution in [1.29, 1.82) is 0 Å². The van der Waals surface area contributed by atoms with Crippen LogP contribution in [0.2, 0.25) is 0 Å². The number of aromatic nitrogens is 1. The van der Waals surface area contributed by atoms with Crippen LogP contribution < -0.4 is 0 Å². The van der Waals surface area contributed by atoms with E-state index in [1.54, 1.807) is 0 Å². The summed E-state index contributed by atoms with van der Waals surface area (Å²) < 4.78 is 2.51. The van der Waals surface area contributed by atoms with Crippen LogP contribution in [0.15, 0.2) is 158 Å². The molecule has 1 nitrogen and oxygen atoms in total. The van der Waals surface area contributed by atoms with Crippen LogP contribution >= 0.6 is 0 Å². The summed E-state index contributed by atoms with van der Waals surface area (Å²) >= 11 is 0. The van der Waals surface area contributed by atoms with E-state index in [2.05, 4.69) is 176 Å². The maximum atomic E-state index is 2.51. The fourth-order valence-corrected chi connectivity index (χ4v) is 7.43. The van der Waals surface area contributed by atoms with Gasteiger partial charge in [0.2, 0.25) is 0 Å². The lowest BCUT2D eigenvalue weighted by atomic mass is 9.84. The third kappa shape index (κ3) is 4.31. The summed E-state index contributed by atoms with van der Waals surface area (Å²) in [7, 11) is 0. The lowest BCUT2D eigenvalue weighted by Crippen LogP contribution is -2.19. The lowest BCUT2D eigenvalue weighted by Gasteiger charge is -2.24. The molecule has 8 rings (SSSR count). The van der Waals surface area contributed by atoms with Crippen LogP contribution in [-0.4, -0.2) is 4.57 Å². The van der Waals surface area contributed by atoms with Crippen molar-refractivity contribution in [3.63, 3.8) is 0 Å². The molecule has 1 aliphatic rings. The number of hydrogen-bond donors (Lipinski definition) is 0. The second-order valence-electron chi connectivity index (χ2n) is 12.6. The topological polar surface area (TPSA) is 4.93 Å². The van der Waals surface area contributed by atoms with Crippen molar-refractivity contribution in [2.24, 2.45) is 0 Å². The van der Waals surface area contributed by atoms with E-state index >= 15 is 0 Å². The average Bonchev–Trinajstić information content (AvgIpc) is 3.55. The van der Waals surface area contributed by atoms with Gasteiger partial charge >= 0.3 is 0 Å². The number of rotatable bonds is 6. The molecular weight excluding hydrogens is 530 g/mol. The van der Waals surface area contributed by atoms with E-state index in [9.17, 15) is 0 Å². The van der Waals surface area contributed by atoms with Crippen molar-refractivity contribution < 1.29 is 0 Å². The Kier molecular flexibility index (Phi) is 6.34. The first-order valence-electron chi connectivity index (χ1n) is 15.6. The molecule has 1 unspecified atom stereocenters. The van der Waals surface area contributed by atoms with Gasteiger partial charge in [-0.15, -0.1) is 0 Å². The van der Waals surface area contributed by atoms with Gasteiger partial charge in [0.15, 0.2) is 0 Å². The Bertz CT molecular complexity index is 2080. The number of fused-ring (bicyclic) bond motifs is 5. The van der Waals surface area contributed by atoms with E-state index < -0.39 is 0 Å². The molecule has 0 amide bonds. The van der Waals surface area contributed by atoms with E-state index in [1.165, 1.54) is 66.8 Å². The number of hydrogen-bond acceptors (Lipinski definition) is 0. The van der Waals surface area contributed by atoms with Gasteiger partial charge in [0.05, 0.1) is 5.52 Å². The Morgan fingerprint density at radius 2 is 1.16 bits per heavy atom. The van der Waals surface area contributed by atoms with Crippen LogP contribution in [0.5, 0.6) is 0 Å². The van der Waals surface area contributed by atoms with Crippen molar-refractivity contribution in [3.8, 4) is 27.9 Å². The van der Waals surface area contributed by atoms with E-state index in [1.807, 2.05) is 0 Å². The zero-order valence-electron chi connectivity index (χ0n) is 25.2. The molecule has 0 saturated heterocycles. The van der Waals surface area contributed by atoms with E-state index in [0.29, 0.717) is 0 Å². The lowest BCUT2D eigenvalue weighted by molar-refractivity contribution is 0.624. The number of benzene rings is 6.